The fourth-order valence-electron chi connectivity index (χ4n) is 3.85. The molecule has 0 atom stereocenters. The van der Waals surface area contributed by atoms with E-state index in [1.54, 1.807) is 12.3 Å². The van der Waals surface area contributed by atoms with Gasteiger partial charge in [-0.1, -0.05) is 5.16 Å². The van der Waals surface area contributed by atoms with E-state index in [0.29, 0.717) is 18.0 Å². The van der Waals surface area contributed by atoms with E-state index in [2.05, 4.69) is 20.8 Å². The lowest BCUT2D eigenvalue weighted by molar-refractivity contribution is 0.0700. The fraction of sp³-hybridized carbons (Fsp3) is 0.300. The van der Waals surface area contributed by atoms with Gasteiger partial charge in [0.2, 0.25) is 0 Å². The van der Waals surface area contributed by atoms with Crippen LogP contribution < -0.4 is 0 Å². The van der Waals surface area contributed by atoms with Crippen molar-refractivity contribution in [1.82, 2.24) is 19.7 Å². The molecule has 7 nitrogen and oxygen atoms in total. The first-order chi connectivity index (χ1) is 13.3. The number of imidazole rings is 1. The number of hydrogen-bond acceptors (Lipinski definition) is 6. The lowest BCUT2D eigenvalue weighted by Gasteiger charge is -2.26. The quantitative estimate of drug-likeness (QED) is 0.557. The minimum atomic E-state index is 0.294. The Kier molecular flexibility index (Phi) is 3.84. The second-order valence-corrected chi connectivity index (χ2v) is 6.74. The van der Waals surface area contributed by atoms with Crippen LogP contribution in [0.5, 0.6) is 0 Å². The molecule has 1 saturated heterocycles. The minimum Gasteiger partial charge on any atom is -0.381 e. The molecule has 1 aliphatic heterocycles. The molecular formula is C20H17N5O2. The molecule has 0 saturated carbocycles. The molecule has 4 aromatic rings. The van der Waals surface area contributed by atoms with Crippen molar-refractivity contribution in [3.63, 3.8) is 0 Å². The second-order valence-electron chi connectivity index (χ2n) is 6.74. The number of rotatable bonds is 3. The van der Waals surface area contributed by atoms with Crippen molar-refractivity contribution in [3.8, 4) is 6.07 Å². The number of pyridine rings is 1. The van der Waals surface area contributed by atoms with Crippen LogP contribution in [0.1, 0.15) is 36.0 Å². The Labute approximate surface area is 155 Å². The summed E-state index contributed by atoms with van der Waals surface area (Å²) < 4.78 is 12.9. The van der Waals surface area contributed by atoms with Gasteiger partial charge in [-0.3, -0.25) is 4.98 Å². The van der Waals surface area contributed by atoms with Crippen molar-refractivity contribution < 1.29 is 9.26 Å². The summed E-state index contributed by atoms with van der Waals surface area (Å²) in [7, 11) is 0. The molecule has 3 aromatic heterocycles. The van der Waals surface area contributed by atoms with Gasteiger partial charge in [-0.15, -0.1) is 0 Å². The van der Waals surface area contributed by atoms with Gasteiger partial charge in [0.15, 0.2) is 0 Å². The van der Waals surface area contributed by atoms with Crippen molar-refractivity contribution in [1.29, 1.82) is 5.26 Å². The van der Waals surface area contributed by atoms with Crippen molar-refractivity contribution in [2.75, 3.05) is 13.2 Å². The molecule has 0 unspecified atom stereocenters. The topological polar surface area (TPSA) is 89.8 Å². The van der Waals surface area contributed by atoms with Crippen molar-refractivity contribution >= 4 is 21.9 Å². The zero-order chi connectivity index (χ0) is 18.2. The largest absolute Gasteiger partial charge is 0.381 e. The van der Waals surface area contributed by atoms with E-state index in [1.807, 2.05) is 24.4 Å². The van der Waals surface area contributed by atoms with Crippen molar-refractivity contribution in [2.24, 2.45) is 0 Å². The normalized spacial score (nSPS) is 15.4. The summed E-state index contributed by atoms with van der Waals surface area (Å²) in [6, 6.07) is 9.98. The number of ether oxygens (including phenoxy) is 1. The Balaban J connectivity index is 1.78. The van der Waals surface area contributed by atoms with E-state index in [0.717, 1.165) is 59.5 Å². The molecule has 5 rings (SSSR count). The van der Waals surface area contributed by atoms with Gasteiger partial charge >= 0.3 is 0 Å². The molecule has 1 aliphatic rings. The summed E-state index contributed by atoms with van der Waals surface area (Å²) in [5.74, 6) is 0.933. The Morgan fingerprint density at radius 3 is 2.85 bits per heavy atom. The van der Waals surface area contributed by atoms with Crippen LogP contribution in [0.3, 0.4) is 0 Å². The molecule has 7 heteroatoms. The van der Waals surface area contributed by atoms with Gasteiger partial charge in [0.25, 0.3) is 0 Å². The number of nitrogens with zero attached hydrogens (tertiary/aromatic N) is 5. The molecular weight excluding hydrogens is 342 g/mol. The van der Waals surface area contributed by atoms with Crippen molar-refractivity contribution in [3.05, 3.63) is 53.8 Å². The summed E-state index contributed by atoms with van der Waals surface area (Å²) >= 11 is 0. The monoisotopic (exact) mass is 359 g/mol. The lowest BCUT2D eigenvalue weighted by atomic mass is 10.1. The molecule has 1 fully saturated rings. The van der Waals surface area contributed by atoms with Crippen LogP contribution in [0.2, 0.25) is 0 Å². The lowest BCUT2D eigenvalue weighted by Crippen LogP contribution is -2.21. The standard InChI is InChI=1S/C20H17N5O2/c21-11-13-1-2-17-16(9-13)20-18(12-22-17)23-19(10-14-3-8-27-24-14)25(20)15-4-6-26-7-5-15/h1-3,8-9,12,15H,4-7,10H2. The molecule has 0 amide bonds. The van der Waals surface area contributed by atoms with Gasteiger partial charge in [-0.25, -0.2) is 4.98 Å². The smallest absolute Gasteiger partial charge is 0.124 e. The van der Waals surface area contributed by atoms with Gasteiger partial charge in [0.1, 0.15) is 17.6 Å². The molecule has 134 valence electrons. The van der Waals surface area contributed by atoms with Gasteiger partial charge in [-0.05, 0) is 31.0 Å². The third-order valence-electron chi connectivity index (χ3n) is 5.10. The molecule has 27 heavy (non-hydrogen) atoms. The van der Waals surface area contributed by atoms with Crippen LogP contribution >= 0.6 is 0 Å². The van der Waals surface area contributed by atoms with Gasteiger partial charge in [0.05, 0.1) is 41.0 Å². The van der Waals surface area contributed by atoms with E-state index >= 15 is 0 Å². The zero-order valence-electron chi connectivity index (χ0n) is 14.6. The molecule has 0 radical (unpaired) electrons. The predicted octanol–water partition coefficient (Wildman–Crippen LogP) is 3.39. The van der Waals surface area contributed by atoms with Crippen LogP contribution in [0.25, 0.3) is 21.9 Å². The molecule has 0 aliphatic carbocycles. The summed E-state index contributed by atoms with van der Waals surface area (Å²) in [6.45, 7) is 1.47. The van der Waals surface area contributed by atoms with Crippen LogP contribution in [0, 0.1) is 11.3 Å². The van der Waals surface area contributed by atoms with Gasteiger partial charge < -0.3 is 13.8 Å². The highest BCUT2D eigenvalue weighted by molar-refractivity contribution is 6.02. The summed E-state index contributed by atoms with van der Waals surface area (Å²) in [4.78, 5) is 9.40. The molecule has 4 heterocycles. The summed E-state index contributed by atoms with van der Waals surface area (Å²) in [5, 5.41) is 14.3. The highest BCUT2D eigenvalue weighted by atomic mass is 16.5. The maximum atomic E-state index is 9.34. The Morgan fingerprint density at radius 1 is 1.19 bits per heavy atom. The van der Waals surface area contributed by atoms with E-state index in [9.17, 15) is 5.26 Å². The number of aromatic nitrogens is 4. The predicted molar refractivity (Wildman–Crippen MR) is 98.1 cm³/mol. The van der Waals surface area contributed by atoms with Crippen molar-refractivity contribution in [2.45, 2.75) is 25.3 Å². The number of fused-ring (bicyclic) bond motifs is 3. The SMILES string of the molecule is N#Cc1ccc2ncc3nc(Cc4ccon4)n(C4CCOCC4)c3c2c1. The van der Waals surface area contributed by atoms with Crippen LogP contribution in [-0.4, -0.2) is 32.9 Å². The van der Waals surface area contributed by atoms with Gasteiger partial charge in [0, 0.05) is 30.7 Å². The van der Waals surface area contributed by atoms with E-state index in [1.165, 1.54) is 0 Å². The van der Waals surface area contributed by atoms with Crippen LogP contribution in [0.15, 0.2) is 41.2 Å². The third-order valence-corrected chi connectivity index (χ3v) is 5.10. The Hall–Kier alpha value is -3.24. The molecule has 0 spiro atoms. The first-order valence-electron chi connectivity index (χ1n) is 9.00. The van der Waals surface area contributed by atoms with E-state index in [4.69, 9.17) is 14.2 Å². The zero-order valence-corrected chi connectivity index (χ0v) is 14.6. The first kappa shape index (κ1) is 16.0. The van der Waals surface area contributed by atoms with Crippen LogP contribution in [-0.2, 0) is 11.2 Å². The maximum Gasteiger partial charge on any atom is 0.124 e. The minimum absolute atomic E-state index is 0.294. The molecule has 0 N–H and O–H groups in total. The summed E-state index contributed by atoms with van der Waals surface area (Å²) in [6.07, 6.45) is 5.83. The molecule has 1 aromatic carbocycles. The van der Waals surface area contributed by atoms with Gasteiger partial charge in [-0.2, -0.15) is 5.26 Å². The average molecular weight is 359 g/mol. The highest BCUT2D eigenvalue weighted by Gasteiger charge is 2.24. The Morgan fingerprint density at radius 2 is 2.07 bits per heavy atom. The first-order valence-corrected chi connectivity index (χ1v) is 9.00. The number of nitriles is 1. The summed E-state index contributed by atoms with van der Waals surface area (Å²) in [5.41, 5.74) is 4.19. The van der Waals surface area contributed by atoms with Crippen LogP contribution in [0.4, 0.5) is 0 Å². The number of hydrogen-bond donors (Lipinski definition) is 0. The second kappa shape index (κ2) is 6.49. The molecule has 0 bridgehead atoms. The maximum absolute atomic E-state index is 9.34. The highest BCUT2D eigenvalue weighted by Crippen LogP contribution is 2.33. The average Bonchev–Trinajstić information content (AvgIpc) is 3.36. The van der Waals surface area contributed by atoms with E-state index < -0.39 is 0 Å². The Bertz CT molecular complexity index is 1150. The third kappa shape index (κ3) is 2.75. The van der Waals surface area contributed by atoms with E-state index in [-0.39, 0.29) is 0 Å². The number of benzene rings is 1. The fourth-order valence-corrected chi connectivity index (χ4v) is 3.85.